The number of carbonyl (C=O) groups is 1. The van der Waals surface area contributed by atoms with E-state index in [9.17, 15) is 4.79 Å². The molecule has 0 unspecified atom stereocenters. The number of hydrogen-bond acceptors (Lipinski definition) is 4. The Bertz CT molecular complexity index is 1170. The van der Waals surface area contributed by atoms with E-state index in [1.807, 2.05) is 18.2 Å². The zero-order valence-corrected chi connectivity index (χ0v) is 24.7. The number of hydrogen-bond donors (Lipinski definition) is 0. The molecule has 0 aliphatic heterocycles. The highest BCUT2D eigenvalue weighted by Crippen LogP contribution is 2.45. The lowest BCUT2D eigenvalue weighted by Crippen LogP contribution is -2.51. The molecule has 0 spiro atoms. The standard InChI is InChI=1S/C31H44N2O3Si/c1-21(2)37(22(3)4,23(5)6)33-18-17-27-29(28(35-7)19-32-31(27)33)30(34)25-13-15-26(16-14-25)36-20-24-11-9-8-10-12-24/h8-12,17-19,21-23,25-26H,13-16,20H2,1-7H3. The predicted octanol–water partition coefficient (Wildman–Crippen LogP) is 8.03. The summed E-state index contributed by atoms with van der Waals surface area (Å²) in [5.74, 6) is 0.764. The first-order valence-electron chi connectivity index (χ1n) is 14.0. The number of nitrogens with zero attached hydrogens (tertiary/aromatic N) is 2. The van der Waals surface area contributed by atoms with Crippen LogP contribution in [0.2, 0.25) is 16.6 Å². The van der Waals surface area contributed by atoms with E-state index in [0.29, 0.717) is 34.5 Å². The Morgan fingerprint density at radius 2 is 1.59 bits per heavy atom. The van der Waals surface area contributed by atoms with E-state index < -0.39 is 8.24 Å². The van der Waals surface area contributed by atoms with Crippen LogP contribution < -0.4 is 4.74 Å². The lowest BCUT2D eigenvalue weighted by Gasteiger charge is -2.44. The van der Waals surface area contributed by atoms with Crippen molar-refractivity contribution in [2.45, 2.75) is 96.6 Å². The van der Waals surface area contributed by atoms with Crippen molar-refractivity contribution in [2.75, 3.05) is 7.11 Å². The van der Waals surface area contributed by atoms with Gasteiger partial charge in [-0.3, -0.25) is 4.79 Å². The fourth-order valence-corrected chi connectivity index (χ4v) is 13.7. The SMILES string of the molecule is COc1cnc2c(ccn2[Si](C(C)C)(C(C)C)C(C)C)c1C(=O)C1CCC(OCc2ccccc2)CC1. The van der Waals surface area contributed by atoms with Crippen LogP contribution in [0.5, 0.6) is 5.75 Å². The zero-order valence-electron chi connectivity index (χ0n) is 23.7. The normalized spacial score (nSPS) is 18.8. The summed E-state index contributed by atoms with van der Waals surface area (Å²) in [6.07, 6.45) is 7.67. The van der Waals surface area contributed by atoms with Crippen LogP contribution in [0.3, 0.4) is 0 Å². The number of ether oxygens (including phenoxy) is 2. The highest BCUT2D eigenvalue weighted by Gasteiger charge is 2.46. The number of fused-ring (bicyclic) bond motifs is 1. The maximum Gasteiger partial charge on any atom is 0.171 e. The minimum Gasteiger partial charge on any atom is -0.494 e. The van der Waals surface area contributed by atoms with Gasteiger partial charge in [0, 0.05) is 11.3 Å². The molecule has 37 heavy (non-hydrogen) atoms. The Labute approximate surface area is 223 Å². The molecule has 6 heteroatoms. The number of ketones is 1. The predicted molar refractivity (Wildman–Crippen MR) is 154 cm³/mol. The summed E-state index contributed by atoms with van der Waals surface area (Å²) in [7, 11) is -0.362. The van der Waals surface area contributed by atoms with Gasteiger partial charge in [0.2, 0.25) is 0 Å². The Hall–Kier alpha value is -2.44. The molecule has 0 saturated heterocycles. The Balaban J connectivity index is 1.60. The van der Waals surface area contributed by atoms with E-state index in [-0.39, 0.29) is 17.8 Å². The summed E-state index contributed by atoms with van der Waals surface area (Å²) in [5, 5.41) is 0.936. The van der Waals surface area contributed by atoms with Crippen molar-refractivity contribution in [2.24, 2.45) is 5.92 Å². The molecule has 1 saturated carbocycles. The molecule has 0 N–H and O–H groups in total. The van der Waals surface area contributed by atoms with Gasteiger partial charge in [0.25, 0.3) is 0 Å². The van der Waals surface area contributed by atoms with Gasteiger partial charge in [-0.2, -0.15) is 0 Å². The smallest absolute Gasteiger partial charge is 0.171 e. The van der Waals surface area contributed by atoms with Gasteiger partial charge in [-0.25, -0.2) is 4.98 Å². The highest BCUT2D eigenvalue weighted by molar-refractivity contribution is 6.82. The van der Waals surface area contributed by atoms with Crippen LogP contribution in [0.4, 0.5) is 0 Å². The van der Waals surface area contributed by atoms with Crippen molar-refractivity contribution >= 4 is 25.1 Å². The first-order chi connectivity index (χ1) is 17.7. The van der Waals surface area contributed by atoms with Gasteiger partial charge in [-0.05, 0) is 60.1 Å². The summed E-state index contributed by atoms with van der Waals surface area (Å²) in [6.45, 7) is 14.7. The highest BCUT2D eigenvalue weighted by atomic mass is 28.3. The first-order valence-corrected chi connectivity index (χ1v) is 16.1. The van der Waals surface area contributed by atoms with Crippen molar-refractivity contribution in [1.29, 1.82) is 0 Å². The number of Topliss-reactive ketones (excluding diaryl/α,β-unsaturated/α-hetero) is 1. The molecule has 200 valence electrons. The Morgan fingerprint density at radius 3 is 2.16 bits per heavy atom. The van der Waals surface area contributed by atoms with Crippen molar-refractivity contribution in [3.8, 4) is 5.75 Å². The second-order valence-corrected chi connectivity index (χ2v) is 17.3. The first kappa shape index (κ1) is 27.6. The molecule has 0 bridgehead atoms. The lowest BCUT2D eigenvalue weighted by atomic mass is 9.82. The quantitative estimate of drug-likeness (QED) is 0.201. The summed E-state index contributed by atoms with van der Waals surface area (Å²) in [5.41, 5.74) is 4.45. The molecule has 2 aromatic heterocycles. The van der Waals surface area contributed by atoms with E-state index in [1.165, 1.54) is 5.56 Å². The van der Waals surface area contributed by atoms with Crippen LogP contribution in [0.1, 0.15) is 83.1 Å². The minimum absolute atomic E-state index is 0.0123. The van der Waals surface area contributed by atoms with Gasteiger partial charge in [-0.15, -0.1) is 0 Å². The van der Waals surface area contributed by atoms with E-state index in [0.717, 1.165) is 36.7 Å². The van der Waals surface area contributed by atoms with Gasteiger partial charge in [0.1, 0.15) is 11.4 Å². The molecule has 5 nitrogen and oxygen atoms in total. The second kappa shape index (κ2) is 11.5. The van der Waals surface area contributed by atoms with Crippen LogP contribution in [0.25, 0.3) is 11.0 Å². The van der Waals surface area contributed by atoms with E-state index in [1.54, 1.807) is 13.3 Å². The number of pyridine rings is 1. The fraction of sp³-hybridized carbons (Fsp3) is 0.548. The van der Waals surface area contributed by atoms with Gasteiger partial charge in [0.05, 0.1) is 31.6 Å². The maximum absolute atomic E-state index is 14.0. The third-order valence-electron chi connectivity index (χ3n) is 8.71. The molecule has 1 fully saturated rings. The van der Waals surface area contributed by atoms with Gasteiger partial charge in [-0.1, -0.05) is 71.9 Å². The minimum atomic E-state index is -2.00. The molecule has 1 aromatic carbocycles. The number of methoxy groups -OCH3 is 1. The second-order valence-electron chi connectivity index (χ2n) is 11.6. The summed E-state index contributed by atoms with van der Waals surface area (Å²) in [6, 6.07) is 12.4. The van der Waals surface area contributed by atoms with Gasteiger partial charge < -0.3 is 13.7 Å². The molecular weight excluding hydrogens is 476 g/mol. The lowest BCUT2D eigenvalue weighted by molar-refractivity contribution is 0.00822. The average Bonchev–Trinajstić information content (AvgIpc) is 3.31. The van der Waals surface area contributed by atoms with E-state index in [2.05, 4.69) is 70.2 Å². The largest absolute Gasteiger partial charge is 0.494 e. The molecule has 0 amide bonds. The van der Waals surface area contributed by atoms with E-state index in [4.69, 9.17) is 14.5 Å². The molecule has 0 radical (unpaired) electrons. The topological polar surface area (TPSA) is 53.4 Å². The van der Waals surface area contributed by atoms with Crippen molar-refractivity contribution in [3.63, 3.8) is 0 Å². The van der Waals surface area contributed by atoms with Crippen LogP contribution >= 0.6 is 0 Å². The molecule has 0 atom stereocenters. The number of carbonyl (C=O) groups excluding carboxylic acids is 1. The van der Waals surface area contributed by atoms with Crippen LogP contribution in [0, 0.1) is 5.92 Å². The van der Waals surface area contributed by atoms with Crippen molar-refractivity contribution < 1.29 is 14.3 Å². The summed E-state index contributed by atoms with van der Waals surface area (Å²) in [4.78, 5) is 18.9. The number of rotatable bonds is 10. The Kier molecular flexibility index (Phi) is 8.59. The van der Waals surface area contributed by atoms with Crippen LogP contribution in [0.15, 0.2) is 48.8 Å². The monoisotopic (exact) mass is 520 g/mol. The molecule has 3 aromatic rings. The van der Waals surface area contributed by atoms with Gasteiger partial charge in [0.15, 0.2) is 14.0 Å². The Morgan fingerprint density at radius 1 is 0.973 bits per heavy atom. The fourth-order valence-electron chi connectivity index (χ4n) is 7.11. The summed E-state index contributed by atoms with van der Waals surface area (Å²) < 4.78 is 14.4. The average molecular weight is 521 g/mol. The number of aromatic nitrogens is 2. The van der Waals surface area contributed by atoms with Gasteiger partial charge >= 0.3 is 0 Å². The zero-order chi connectivity index (χ0) is 26.7. The summed E-state index contributed by atoms with van der Waals surface area (Å²) >= 11 is 0. The van der Waals surface area contributed by atoms with Crippen molar-refractivity contribution in [1.82, 2.24) is 9.22 Å². The molecule has 1 aliphatic rings. The number of benzene rings is 1. The van der Waals surface area contributed by atoms with Crippen LogP contribution in [-0.4, -0.2) is 36.4 Å². The van der Waals surface area contributed by atoms with E-state index >= 15 is 0 Å². The van der Waals surface area contributed by atoms with Crippen LogP contribution in [-0.2, 0) is 11.3 Å². The molecule has 1 aliphatic carbocycles. The molecule has 4 rings (SSSR count). The van der Waals surface area contributed by atoms with Crippen molar-refractivity contribution in [3.05, 3.63) is 59.9 Å². The molecule has 2 heterocycles. The third-order valence-corrected chi connectivity index (χ3v) is 15.5. The molecular formula is C31H44N2O3Si. The third kappa shape index (κ3) is 5.15. The maximum atomic E-state index is 14.0.